The lowest BCUT2D eigenvalue weighted by Crippen LogP contribution is -2.40. The summed E-state index contributed by atoms with van der Waals surface area (Å²) in [6.07, 6.45) is -0.926. The Hall–Kier alpha value is -2.82. The van der Waals surface area contributed by atoms with Gasteiger partial charge in [-0.25, -0.2) is 4.79 Å². The summed E-state index contributed by atoms with van der Waals surface area (Å²) < 4.78 is 5.22. The van der Waals surface area contributed by atoms with Crippen molar-refractivity contribution in [2.45, 2.75) is 20.0 Å². The Labute approximate surface area is 135 Å². The molecule has 2 rings (SSSR count). The number of para-hydroxylation sites is 1. The number of carbonyl (C=O) groups is 2. The Morgan fingerprint density at radius 3 is 2.43 bits per heavy atom. The van der Waals surface area contributed by atoms with E-state index >= 15 is 0 Å². The fourth-order valence-corrected chi connectivity index (χ4v) is 2.20. The van der Waals surface area contributed by atoms with Crippen molar-refractivity contribution >= 4 is 17.6 Å². The van der Waals surface area contributed by atoms with Crippen LogP contribution in [0.4, 0.5) is 5.69 Å². The van der Waals surface area contributed by atoms with Crippen molar-refractivity contribution in [2.24, 2.45) is 0 Å². The predicted molar refractivity (Wildman–Crippen MR) is 87.5 cm³/mol. The number of carbonyl (C=O) groups excluding carboxylic acids is 2. The number of rotatable bonds is 5. The lowest BCUT2D eigenvalue weighted by molar-refractivity contribution is -0.126. The highest BCUT2D eigenvalue weighted by Gasteiger charge is 2.24. The van der Waals surface area contributed by atoms with E-state index in [1.54, 1.807) is 11.0 Å². The van der Waals surface area contributed by atoms with Gasteiger partial charge in [0.1, 0.15) is 5.75 Å². The van der Waals surface area contributed by atoms with Crippen LogP contribution in [0.5, 0.6) is 5.75 Å². The van der Waals surface area contributed by atoms with Gasteiger partial charge in [0, 0.05) is 12.2 Å². The van der Waals surface area contributed by atoms with Crippen LogP contribution in [0.1, 0.15) is 24.2 Å². The number of likely N-dealkylation sites (N-methyl/N-ethyl adjacent to an activating group) is 1. The minimum atomic E-state index is -0.926. The van der Waals surface area contributed by atoms with Crippen LogP contribution < -0.4 is 4.90 Å². The molecule has 0 aliphatic heterocycles. The van der Waals surface area contributed by atoms with Crippen molar-refractivity contribution in [1.82, 2.24) is 0 Å². The molecule has 23 heavy (non-hydrogen) atoms. The van der Waals surface area contributed by atoms with E-state index in [4.69, 9.17) is 4.74 Å². The highest BCUT2D eigenvalue weighted by molar-refractivity contribution is 5.99. The van der Waals surface area contributed by atoms with Crippen molar-refractivity contribution in [3.8, 4) is 5.75 Å². The molecule has 1 atom stereocenters. The van der Waals surface area contributed by atoms with Gasteiger partial charge in [-0.2, -0.15) is 0 Å². The van der Waals surface area contributed by atoms with Gasteiger partial charge in [0.25, 0.3) is 5.91 Å². The number of phenolic OH excluding ortho intramolecular Hbond substituents is 1. The average molecular weight is 313 g/mol. The second-order valence-electron chi connectivity index (χ2n) is 5.02. The number of aromatic hydroxyl groups is 1. The largest absolute Gasteiger partial charge is 0.508 e. The molecule has 0 fully saturated rings. The lowest BCUT2D eigenvalue weighted by Gasteiger charge is -2.24. The molecule has 0 aromatic heterocycles. The number of esters is 1. The van der Waals surface area contributed by atoms with Crippen LogP contribution in [0.3, 0.4) is 0 Å². The number of hydrogen-bond donors (Lipinski definition) is 1. The fraction of sp³-hybridized carbons (Fsp3) is 0.222. The van der Waals surface area contributed by atoms with Gasteiger partial charge < -0.3 is 14.7 Å². The van der Waals surface area contributed by atoms with Crippen LogP contribution in [0.25, 0.3) is 0 Å². The Morgan fingerprint density at radius 1 is 1.13 bits per heavy atom. The summed E-state index contributed by atoms with van der Waals surface area (Å²) in [6, 6.07) is 15.0. The van der Waals surface area contributed by atoms with E-state index in [-0.39, 0.29) is 17.2 Å². The molecular formula is C18H19NO4. The molecule has 0 aliphatic carbocycles. The number of anilines is 1. The minimum absolute atomic E-state index is 0.0297. The standard InChI is InChI=1S/C18H19NO4/c1-3-19(15-9-5-4-6-10-15)17(21)13(2)23-18(22)14-8-7-11-16(20)12-14/h4-13,20H,3H2,1-2H3/t13-/m0/s1. The summed E-state index contributed by atoms with van der Waals surface area (Å²) in [7, 11) is 0. The van der Waals surface area contributed by atoms with Gasteiger partial charge in [-0.15, -0.1) is 0 Å². The van der Waals surface area contributed by atoms with E-state index in [0.29, 0.717) is 6.54 Å². The first-order valence-corrected chi connectivity index (χ1v) is 7.39. The number of phenols is 1. The van der Waals surface area contributed by atoms with E-state index in [2.05, 4.69) is 0 Å². The molecule has 5 nitrogen and oxygen atoms in total. The summed E-state index contributed by atoms with van der Waals surface area (Å²) in [5, 5.41) is 9.40. The maximum absolute atomic E-state index is 12.5. The van der Waals surface area contributed by atoms with Crippen LogP contribution in [-0.4, -0.2) is 29.6 Å². The smallest absolute Gasteiger partial charge is 0.339 e. The third-order valence-electron chi connectivity index (χ3n) is 3.36. The third-order valence-corrected chi connectivity index (χ3v) is 3.36. The van der Waals surface area contributed by atoms with Crippen molar-refractivity contribution in [3.63, 3.8) is 0 Å². The highest BCUT2D eigenvalue weighted by atomic mass is 16.5. The van der Waals surface area contributed by atoms with Crippen LogP contribution in [0, 0.1) is 0 Å². The summed E-state index contributed by atoms with van der Waals surface area (Å²) in [5.41, 5.74) is 0.952. The maximum Gasteiger partial charge on any atom is 0.339 e. The molecule has 0 saturated carbocycles. The Kier molecular flexibility index (Phi) is 5.36. The first-order valence-electron chi connectivity index (χ1n) is 7.39. The number of nitrogens with zero attached hydrogens (tertiary/aromatic N) is 1. The third kappa shape index (κ3) is 4.10. The Bertz CT molecular complexity index is 684. The SMILES string of the molecule is CCN(C(=O)[C@H](C)OC(=O)c1cccc(O)c1)c1ccccc1. The number of hydrogen-bond acceptors (Lipinski definition) is 4. The molecule has 120 valence electrons. The predicted octanol–water partition coefficient (Wildman–Crippen LogP) is 2.99. The first-order chi connectivity index (χ1) is 11.0. The Balaban J connectivity index is 2.08. The molecular weight excluding hydrogens is 294 g/mol. The number of benzene rings is 2. The van der Waals surface area contributed by atoms with Crippen molar-refractivity contribution in [2.75, 3.05) is 11.4 Å². The van der Waals surface area contributed by atoms with Gasteiger partial charge in [-0.1, -0.05) is 24.3 Å². The molecule has 2 aromatic carbocycles. The zero-order valence-electron chi connectivity index (χ0n) is 13.1. The maximum atomic E-state index is 12.5. The topological polar surface area (TPSA) is 66.8 Å². The molecule has 1 N–H and O–H groups in total. The normalized spacial score (nSPS) is 11.6. The molecule has 0 heterocycles. The number of ether oxygens (including phenoxy) is 1. The molecule has 0 spiro atoms. The quantitative estimate of drug-likeness (QED) is 0.862. The fourth-order valence-electron chi connectivity index (χ4n) is 2.20. The van der Waals surface area contributed by atoms with E-state index in [0.717, 1.165) is 5.69 Å². The Morgan fingerprint density at radius 2 is 1.83 bits per heavy atom. The molecule has 0 bridgehead atoms. The zero-order chi connectivity index (χ0) is 16.8. The van der Waals surface area contributed by atoms with E-state index in [9.17, 15) is 14.7 Å². The molecule has 5 heteroatoms. The van der Waals surface area contributed by atoms with Gasteiger partial charge in [-0.3, -0.25) is 4.79 Å². The van der Waals surface area contributed by atoms with Crippen molar-refractivity contribution < 1.29 is 19.4 Å². The second-order valence-corrected chi connectivity index (χ2v) is 5.02. The second kappa shape index (κ2) is 7.45. The van der Waals surface area contributed by atoms with Gasteiger partial charge in [0.05, 0.1) is 5.56 Å². The summed E-state index contributed by atoms with van der Waals surface area (Å²) in [4.78, 5) is 26.1. The number of amides is 1. The first kappa shape index (κ1) is 16.5. The van der Waals surface area contributed by atoms with Crippen LogP contribution in [0.15, 0.2) is 54.6 Å². The van der Waals surface area contributed by atoms with Crippen LogP contribution in [-0.2, 0) is 9.53 Å². The van der Waals surface area contributed by atoms with Crippen molar-refractivity contribution in [1.29, 1.82) is 0 Å². The average Bonchev–Trinajstić information content (AvgIpc) is 2.56. The monoisotopic (exact) mass is 313 g/mol. The lowest BCUT2D eigenvalue weighted by atomic mass is 10.2. The highest BCUT2D eigenvalue weighted by Crippen LogP contribution is 2.17. The van der Waals surface area contributed by atoms with Gasteiger partial charge in [0.2, 0.25) is 0 Å². The van der Waals surface area contributed by atoms with Gasteiger partial charge in [0.15, 0.2) is 6.10 Å². The van der Waals surface area contributed by atoms with Crippen LogP contribution in [0.2, 0.25) is 0 Å². The molecule has 0 unspecified atom stereocenters. The molecule has 2 aromatic rings. The molecule has 0 radical (unpaired) electrons. The summed E-state index contributed by atoms with van der Waals surface area (Å²) >= 11 is 0. The van der Waals surface area contributed by atoms with Crippen LogP contribution >= 0.6 is 0 Å². The molecule has 0 saturated heterocycles. The van der Waals surface area contributed by atoms with Gasteiger partial charge >= 0.3 is 5.97 Å². The van der Waals surface area contributed by atoms with Gasteiger partial charge in [-0.05, 0) is 44.2 Å². The van der Waals surface area contributed by atoms with E-state index in [1.807, 2.05) is 37.3 Å². The van der Waals surface area contributed by atoms with E-state index in [1.165, 1.54) is 25.1 Å². The minimum Gasteiger partial charge on any atom is -0.508 e. The molecule has 1 amide bonds. The summed E-state index contributed by atoms with van der Waals surface area (Å²) in [6.45, 7) is 3.86. The zero-order valence-corrected chi connectivity index (χ0v) is 13.1. The molecule has 0 aliphatic rings. The van der Waals surface area contributed by atoms with Crippen molar-refractivity contribution in [3.05, 3.63) is 60.2 Å². The van der Waals surface area contributed by atoms with E-state index < -0.39 is 12.1 Å². The summed E-state index contributed by atoms with van der Waals surface area (Å²) in [5.74, 6) is -0.976.